The largest absolute Gasteiger partial charge is 0.465 e. The third-order valence-electron chi connectivity index (χ3n) is 3.07. The van der Waals surface area contributed by atoms with Crippen LogP contribution in [-0.2, 0) is 4.74 Å². The van der Waals surface area contributed by atoms with Gasteiger partial charge in [-0.2, -0.15) is 0 Å². The molecule has 17 heavy (non-hydrogen) atoms. The van der Waals surface area contributed by atoms with Gasteiger partial charge in [0.05, 0.1) is 7.11 Å². The second-order valence-electron chi connectivity index (χ2n) is 4.52. The van der Waals surface area contributed by atoms with Crippen molar-refractivity contribution in [1.82, 2.24) is 4.98 Å². The normalized spacial score (nSPS) is 18.1. The van der Waals surface area contributed by atoms with Crippen LogP contribution in [0.15, 0.2) is 0 Å². The summed E-state index contributed by atoms with van der Waals surface area (Å²) >= 11 is 7.16. The van der Waals surface area contributed by atoms with E-state index >= 15 is 0 Å². The highest BCUT2D eigenvalue weighted by atomic mass is 35.5. The number of halogens is 1. The van der Waals surface area contributed by atoms with Crippen LogP contribution in [0, 0.1) is 0 Å². The zero-order chi connectivity index (χ0) is 12.5. The molecule has 4 nitrogen and oxygen atoms in total. The van der Waals surface area contributed by atoms with Gasteiger partial charge in [-0.25, -0.2) is 9.78 Å². The van der Waals surface area contributed by atoms with Gasteiger partial charge in [-0.1, -0.05) is 35.8 Å². The number of carbonyl (C=O) groups excluding carboxylic acids is 1. The number of esters is 1. The first-order chi connectivity index (χ1) is 8.04. The molecule has 0 atom stereocenters. The highest BCUT2D eigenvalue weighted by molar-refractivity contribution is 7.18. The van der Waals surface area contributed by atoms with Gasteiger partial charge in [-0.05, 0) is 19.8 Å². The Hall–Kier alpha value is -0.810. The molecule has 0 aromatic carbocycles. The van der Waals surface area contributed by atoms with Crippen molar-refractivity contribution in [3.8, 4) is 0 Å². The molecule has 1 saturated carbocycles. The minimum atomic E-state index is -0.433. The molecule has 0 bridgehead atoms. The van der Waals surface area contributed by atoms with Crippen molar-refractivity contribution >= 4 is 34.0 Å². The molecule has 1 aromatic heterocycles. The molecule has 0 spiro atoms. The minimum absolute atomic E-state index is 0.0779. The van der Waals surface area contributed by atoms with Gasteiger partial charge >= 0.3 is 5.97 Å². The van der Waals surface area contributed by atoms with E-state index in [1.807, 2.05) is 0 Å². The summed E-state index contributed by atoms with van der Waals surface area (Å²) in [5.74, 6) is -0.433. The van der Waals surface area contributed by atoms with Crippen LogP contribution in [0.2, 0.25) is 5.15 Å². The van der Waals surface area contributed by atoms with Crippen molar-refractivity contribution in [2.75, 3.05) is 12.4 Å². The van der Waals surface area contributed by atoms with E-state index in [1.165, 1.54) is 31.3 Å². The number of hydrogen-bond donors (Lipinski definition) is 1. The van der Waals surface area contributed by atoms with Crippen molar-refractivity contribution in [3.05, 3.63) is 10.0 Å². The molecule has 1 N–H and O–H groups in total. The Morgan fingerprint density at radius 3 is 2.76 bits per heavy atom. The Bertz CT molecular complexity index is 427. The van der Waals surface area contributed by atoms with Crippen LogP contribution in [0.1, 0.15) is 42.3 Å². The van der Waals surface area contributed by atoms with E-state index < -0.39 is 5.97 Å². The lowest BCUT2D eigenvalue weighted by atomic mass is 10.0. The zero-order valence-corrected chi connectivity index (χ0v) is 11.5. The van der Waals surface area contributed by atoms with Gasteiger partial charge in [0.15, 0.2) is 15.2 Å². The van der Waals surface area contributed by atoms with Crippen LogP contribution in [0.25, 0.3) is 0 Å². The number of methoxy groups -OCH3 is 1. The fourth-order valence-corrected chi connectivity index (χ4v) is 3.36. The van der Waals surface area contributed by atoms with E-state index in [9.17, 15) is 4.79 Å². The molecule has 1 aromatic rings. The van der Waals surface area contributed by atoms with Crippen molar-refractivity contribution in [2.45, 2.75) is 38.1 Å². The summed E-state index contributed by atoms with van der Waals surface area (Å²) in [7, 11) is 1.34. The Morgan fingerprint density at radius 2 is 2.18 bits per heavy atom. The summed E-state index contributed by atoms with van der Waals surface area (Å²) in [6, 6.07) is 0. The standard InChI is InChI=1S/C11H15ClN2O2S/c1-11(5-3-4-6-11)14-10-13-8(12)7(17-10)9(15)16-2/h3-6H2,1-2H3,(H,13,14). The van der Waals surface area contributed by atoms with Crippen molar-refractivity contribution in [3.63, 3.8) is 0 Å². The molecule has 1 fully saturated rings. The summed E-state index contributed by atoms with van der Waals surface area (Å²) in [6.07, 6.45) is 4.70. The minimum Gasteiger partial charge on any atom is -0.465 e. The molecule has 2 rings (SSSR count). The van der Waals surface area contributed by atoms with Gasteiger partial charge in [0.1, 0.15) is 0 Å². The summed E-state index contributed by atoms with van der Waals surface area (Å²) in [5.41, 5.74) is 0.0779. The quantitative estimate of drug-likeness (QED) is 0.859. The second kappa shape index (κ2) is 4.82. The predicted molar refractivity (Wildman–Crippen MR) is 69.0 cm³/mol. The van der Waals surface area contributed by atoms with Crippen LogP contribution < -0.4 is 5.32 Å². The highest BCUT2D eigenvalue weighted by Crippen LogP contribution is 2.35. The van der Waals surface area contributed by atoms with Crippen molar-refractivity contribution < 1.29 is 9.53 Å². The number of carbonyl (C=O) groups is 1. The van der Waals surface area contributed by atoms with E-state index in [0.717, 1.165) is 12.8 Å². The Kier molecular flexibility index (Phi) is 3.58. The van der Waals surface area contributed by atoms with Crippen molar-refractivity contribution in [1.29, 1.82) is 0 Å². The summed E-state index contributed by atoms with van der Waals surface area (Å²) in [6.45, 7) is 2.17. The van der Waals surface area contributed by atoms with E-state index in [1.54, 1.807) is 0 Å². The Balaban J connectivity index is 2.14. The first-order valence-corrected chi connectivity index (χ1v) is 6.76. The maximum atomic E-state index is 11.4. The summed E-state index contributed by atoms with van der Waals surface area (Å²) < 4.78 is 4.64. The maximum Gasteiger partial charge on any atom is 0.351 e. The molecule has 0 radical (unpaired) electrons. The molecule has 1 aliphatic rings. The molecule has 0 saturated heterocycles. The van der Waals surface area contributed by atoms with Crippen LogP contribution >= 0.6 is 22.9 Å². The first-order valence-electron chi connectivity index (χ1n) is 5.57. The SMILES string of the molecule is COC(=O)c1sc(NC2(C)CCCC2)nc1Cl. The van der Waals surface area contributed by atoms with E-state index in [-0.39, 0.29) is 10.7 Å². The number of aromatic nitrogens is 1. The third-order valence-corrected chi connectivity index (χ3v) is 4.41. The molecular weight excluding hydrogens is 260 g/mol. The number of nitrogens with zero attached hydrogens (tertiary/aromatic N) is 1. The molecule has 1 aliphatic carbocycles. The zero-order valence-electron chi connectivity index (χ0n) is 9.88. The van der Waals surface area contributed by atoms with E-state index in [0.29, 0.717) is 10.0 Å². The van der Waals surface area contributed by atoms with Gasteiger partial charge in [0.2, 0.25) is 0 Å². The van der Waals surface area contributed by atoms with E-state index in [2.05, 4.69) is 22.0 Å². The molecule has 0 unspecified atom stereocenters. The Morgan fingerprint density at radius 1 is 1.53 bits per heavy atom. The van der Waals surface area contributed by atoms with Crippen molar-refractivity contribution in [2.24, 2.45) is 0 Å². The van der Waals surface area contributed by atoms with Gasteiger partial charge in [0, 0.05) is 5.54 Å². The van der Waals surface area contributed by atoms with Crippen LogP contribution in [0.4, 0.5) is 5.13 Å². The topological polar surface area (TPSA) is 51.2 Å². The molecule has 0 amide bonds. The number of hydrogen-bond acceptors (Lipinski definition) is 5. The maximum absolute atomic E-state index is 11.4. The molecule has 0 aliphatic heterocycles. The summed E-state index contributed by atoms with van der Waals surface area (Å²) in [4.78, 5) is 15.9. The summed E-state index contributed by atoms with van der Waals surface area (Å²) in [5, 5.41) is 4.28. The number of rotatable bonds is 3. The molecule has 1 heterocycles. The Labute approximate surface area is 109 Å². The van der Waals surface area contributed by atoms with Crippen LogP contribution in [0.5, 0.6) is 0 Å². The lowest BCUT2D eigenvalue weighted by Gasteiger charge is -2.24. The fourth-order valence-electron chi connectivity index (χ4n) is 2.11. The third kappa shape index (κ3) is 2.72. The lowest BCUT2D eigenvalue weighted by molar-refractivity contribution is 0.0606. The smallest absolute Gasteiger partial charge is 0.351 e. The first kappa shape index (κ1) is 12.6. The van der Waals surface area contributed by atoms with Crippen LogP contribution in [0.3, 0.4) is 0 Å². The number of anilines is 1. The number of thiazole rings is 1. The number of nitrogens with one attached hydrogen (secondary N) is 1. The van der Waals surface area contributed by atoms with Crippen LogP contribution in [-0.4, -0.2) is 23.6 Å². The molecule has 6 heteroatoms. The lowest BCUT2D eigenvalue weighted by Crippen LogP contribution is -2.30. The molecule has 94 valence electrons. The highest BCUT2D eigenvalue weighted by Gasteiger charge is 2.30. The van der Waals surface area contributed by atoms with Gasteiger partial charge in [-0.15, -0.1) is 0 Å². The molecular formula is C11H15ClN2O2S. The average Bonchev–Trinajstić information content (AvgIpc) is 2.85. The monoisotopic (exact) mass is 274 g/mol. The van der Waals surface area contributed by atoms with Gasteiger partial charge < -0.3 is 10.1 Å². The second-order valence-corrected chi connectivity index (χ2v) is 5.88. The van der Waals surface area contributed by atoms with Gasteiger partial charge in [-0.3, -0.25) is 0 Å². The van der Waals surface area contributed by atoms with Gasteiger partial charge in [0.25, 0.3) is 0 Å². The van der Waals surface area contributed by atoms with E-state index in [4.69, 9.17) is 11.6 Å². The predicted octanol–water partition coefficient (Wildman–Crippen LogP) is 3.33. The fraction of sp³-hybridized carbons (Fsp3) is 0.636. The number of ether oxygens (including phenoxy) is 1. The average molecular weight is 275 g/mol.